The second-order valence-electron chi connectivity index (χ2n) is 8.34. The molecule has 162 valence electrons. The Labute approximate surface area is 174 Å². The quantitative estimate of drug-likeness (QED) is 0.509. The van der Waals surface area contributed by atoms with E-state index in [-0.39, 0.29) is 41.6 Å². The van der Waals surface area contributed by atoms with Crippen molar-refractivity contribution in [2.45, 2.75) is 65.6 Å². The number of amides is 2. The highest BCUT2D eigenvalue weighted by Gasteiger charge is 2.34. The fraction of sp³-hybridized carbons (Fsp3) is 0.500. The minimum absolute atomic E-state index is 0.0935. The van der Waals surface area contributed by atoms with Crippen LogP contribution in [0, 0.1) is 11.3 Å². The van der Waals surface area contributed by atoms with Gasteiger partial charge in [0.25, 0.3) is 11.8 Å². The Balaban J connectivity index is 2.55. The van der Waals surface area contributed by atoms with Crippen LogP contribution in [0.2, 0.25) is 0 Å². The van der Waals surface area contributed by atoms with E-state index in [1.54, 1.807) is 23.8 Å². The Morgan fingerprint density at radius 3 is 2.30 bits per heavy atom. The van der Waals surface area contributed by atoms with Crippen LogP contribution < -0.4 is 0 Å². The summed E-state index contributed by atoms with van der Waals surface area (Å²) in [6, 6.07) is 3.70. The van der Waals surface area contributed by atoms with Crippen molar-refractivity contribution in [2.75, 3.05) is 6.54 Å². The van der Waals surface area contributed by atoms with Crippen LogP contribution in [0.5, 0.6) is 0 Å². The number of hydrogen-bond donors (Lipinski definition) is 0. The average Bonchev–Trinajstić information content (AvgIpc) is 3.01. The van der Waals surface area contributed by atoms with E-state index in [4.69, 9.17) is 0 Å². The van der Waals surface area contributed by atoms with Crippen LogP contribution in [0.4, 0.5) is 13.2 Å². The summed E-state index contributed by atoms with van der Waals surface area (Å²) < 4.78 is 39.5. The molecule has 0 unspecified atom stereocenters. The second kappa shape index (κ2) is 8.50. The normalized spacial score (nSPS) is 17.2. The van der Waals surface area contributed by atoms with E-state index < -0.39 is 24.4 Å². The maximum absolute atomic E-state index is 12.8. The van der Waals surface area contributed by atoms with Crippen LogP contribution in [0.25, 0.3) is 6.08 Å². The number of nitrogens with zero attached hydrogens (tertiary/aromatic N) is 3. The molecular weight excluding hydrogens is 395 g/mol. The zero-order valence-corrected chi connectivity index (χ0v) is 17.9. The first-order valence-electron chi connectivity index (χ1n) is 9.76. The summed E-state index contributed by atoms with van der Waals surface area (Å²) in [7, 11) is 0. The minimum atomic E-state index is -4.24. The van der Waals surface area contributed by atoms with Gasteiger partial charge in [0.2, 0.25) is 0 Å². The monoisotopic (exact) mass is 421 g/mol. The molecule has 2 heterocycles. The molecule has 1 aliphatic heterocycles. The Hall–Kier alpha value is -2.82. The molecule has 0 spiro atoms. The molecule has 0 atom stereocenters. The van der Waals surface area contributed by atoms with E-state index in [1.807, 2.05) is 32.9 Å². The van der Waals surface area contributed by atoms with E-state index in [1.165, 1.54) is 6.92 Å². The fourth-order valence-corrected chi connectivity index (χ4v) is 3.26. The largest absolute Gasteiger partial charge is 0.389 e. The highest BCUT2D eigenvalue weighted by molar-refractivity contribution is 6.19. The lowest BCUT2D eigenvalue weighted by Gasteiger charge is -2.26. The molecule has 2 amide bonds. The number of nitriles is 1. The molecule has 0 N–H and O–H groups in total. The van der Waals surface area contributed by atoms with Gasteiger partial charge in [-0.05, 0) is 49.0 Å². The molecule has 0 bridgehead atoms. The summed E-state index contributed by atoms with van der Waals surface area (Å²) in [5, 5.41) is 9.37. The van der Waals surface area contributed by atoms with Crippen LogP contribution in [0.1, 0.15) is 58.7 Å². The van der Waals surface area contributed by atoms with Crippen LogP contribution in [0.3, 0.4) is 0 Å². The summed E-state index contributed by atoms with van der Waals surface area (Å²) in [6.07, 6.45) is -1.87. The molecule has 0 aromatic carbocycles. The van der Waals surface area contributed by atoms with E-state index in [9.17, 15) is 28.0 Å². The number of hydrogen-bond acceptors (Lipinski definition) is 3. The topological polar surface area (TPSA) is 66.1 Å². The van der Waals surface area contributed by atoms with Crippen molar-refractivity contribution in [2.24, 2.45) is 0 Å². The van der Waals surface area contributed by atoms with Crippen molar-refractivity contribution < 1.29 is 22.8 Å². The number of likely N-dealkylation sites (N-methyl/N-ethyl adjacent to an activating group) is 1. The summed E-state index contributed by atoms with van der Waals surface area (Å²) in [6.45, 7) is 9.39. The van der Waals surface area contributed by atoms with Gasteiger partial charge in [-0.1, -0.05) is 20.8 Å². The van der Waals surface area contributed by atoms with Crippen LogP contribution in [-0.4, -0.2) is 34.0 Å². The van der Waals surface area contributed by atoms with Gasteiger partial charge in [-0.3, -0.25) is 14.5 Å². The van der Waals surface area contributed by atoms with E-state index in [0.29, 0.717) is 5.69 Å². The molecule has 0 fully saturated rings. The van der Waals surface area contributed by atoms with Crippen molar-refractivity contribution in [1.29, 1.82) is 5.26 Å². The molecule has 8 heteroatoms. The lowest BCUT2D eigenvalue weighted by molar-refractivity contribution is -0.140. The van der Waals surface area contributed by atoms with Gasteiger partial charge in [-0.15, -0.1) is 0 Å². The molecule has 1 aliphatic rings. The number of halogens is 3. The first-order valence-corrected chi connectivity index (χ1v) is 9.76. The average molecular weight is 421 g/mol. The van der Waals surface area contributed by atoms with E-state index >= 15 is 0 Å². The number of imide groups is 1. The predicted octanol–water partition coefficient (Wildman–Crippen LogP) is 4.74. The molecule has 5 nitrogen and oxygen atoms in total. The van der Waals surface area contributed by atoms with Crippen molar-refractivity contribution in [3.05, 3.63) is 40.2 Å². The first-order chi connectivity index (χ1) is 13.8. The number of aryl methyl sites for hydroxylation is 1. The molecule has 0 saturated heterocycles. The Bertz CT molecular complexity index is 954. The van der Waals surface area contributed by atoms with Crippen molar-refractivity contribution in [3.63, 3.8) is 0 Å². The molecule has 0 aliphatic carbocycles. The van der Waals surface area contributed by atoms with Crippen LogP contribution in [-0.2, 0) is 21.5 Å². The number of alkyl halides is 3. The summed E-state index contributed by atoms with van der Waals surface area (Å²) in [5.74, 6) is -1.14. The van der Waals surface area contributed by atoms with Gasteiger partial charge in [0.15, 0.2) is 0 Å². The highest BCUT2D eigenvalue weighted by atomic mass is 19.4. The van der Waals surface area contributed by atoms with Gasteiger partial charge < -0.3 is 4.57 Å². The lowest BCUT2D eigenvalue weighted by atomic mass is 9.89. The number of rotatable bonds is 5. The van der Waals surface area contributed by atoms with Crippen molar-refractivity contribution in [3.8, 4) is 6.07 Å². The number of carbonyl (C=O) groups excluding carboxylic acids is 2. The van der Waals surface area contributed by atoms with Crippen molar-refractivity contribution in [1.82, 2.24) is 9.47 Å². The van der Waals surface area contributed by atoms with Gasteiger partial charge in [-0.2, -0.15) is 18.4 Å². The molecule has 2 rings (SSSR count). The fourth-order valence-electron chi connectivity index (χ4n) is 3.26. The standard InChI is InChI=1S/C22H26F3N3O2/c1-6-28-19(29)17(14(2)18(12-26)20(28)30)11-16-10-15(21(3,4)5)13-27(16)9-7-8-22(23,24)25/h10-11,13H,6-9H2,1-5H3/b17-11-. The number of aromatic nitrogens is 1. The zero-order chi connectivity index (χ0) is 22.9. The maximum atomic E-state index is 12.8. The lowest BCUT2D eigenvalue weighted by Crippen LogP contribution is -2.42. The predicted molar refractivity (Wildman–Crippen MR) is 107 cm³/mol. The summed E-state index contributed by atoms with van der Waals surface area (Å²) in [5.41, 5.74) is 1.60. The molecular formula is C22H26F3N3O2. The molecule has 30 heavy (non-hydrogen) atoms. The van der Waals surface area contributed by atoms with Gasteiger partial charge >= 0.3 is 6.18 Å². The SMILES string of the molecule is CCN1C(=O)C(C#N)=C(C)/C(=C/c2cc(C(C)(C)C)cn2CCCC(F)(F)F)C1=O. The second-order valence-corrected chi connectivity index (χ2v) is 8.34. The van der Waals surface area contributed by atoms with Gasteiger partial charge in [0.05, 0.1) is 0 Å². The van der Waals surface area contributed by atoms with Gasteiger partial charge in [0.1, 0.15) is 11.6 Å². The van der Waals surface area contributed by atoms with E-state index in [2.05, 4.69) is 0 Å². The first kappa shape index (κ1) is 23.5. The van der Waals surface area contributed by atoms with Gasteiger partial charge in [0, 0.05) is 37.0 Å². The smallest absolute Gasteiger partial charge is 0.348 e. The molecule has 0 saturated carbocycles. The number of carbonyl (C=O) groups is 2. The third-order valence-corrected chi connectivity index (χ3v) is 5.09. The Morgan fingerprint density at radius 2 is 1.80 bits per heavy atom. The van der Waals surface area contributed by atoms with Crippen LogP contribution in [0.15, 0.2) is 29.0 Å². The maximum Gasteiger partial charge on any atom is 0.389 e. The van der Waals surface area contributed by atoms with Crippen LogP contribution >= 0.6 is 0 Å². The Kier molecular flexibility index (Phi) is 6.65. The van der Waals surface area contributed by atoms with Gasteiger partial charge in [-0.25, -0.2) is 0 Å². The summed E-state index contributed by atoms with van der Waals surface area (Å²) in [4.78, 5) is 26.2. The molecule has 1 aromatic rings. The third-order valence-electron chi connectivity index (χ3n) is 5.09. The minimum Gasteiger partial charge on any atom is -0.348 e. The third kappa shape index (κ3) is 5.02. The van der Waals surface area contributed by atoms with E-state index in [0.717, 1.165) is 10.5 Å². The molecule has 1 aromatic heterocycles. The van der Waals surface area contributed by atoms with Crippen molar-refractivity contribution >= 4 is 17.9 Å². The summed E-state index contributed by atoms with van der Waals surface area (Å²) >= 11 is 0. The Morgan fingerprint density at radius 1 is 1.17 bits per heavy atom. The highest BCUT2D eigenvalue weighted by Crippen LogP contribution is 2.30. The molecule has 0 radical (unpaired) electrons. The zero-order valence-electron chi connectivity index (χ0n) is 17.9.